The second-order valence-electron chi connectivity index (χ2n) is 4.42. The number of nitrogens with one attached hydrogen (secondary N) is 1. The van der Waals surface area contributed by atoms with Crippen molar-refractivity contribution in [1.82, 2.24) is 5.32 Å². The van der Waals surface area contributed by atoms with Gasteiger partial charge in [-0.2, -0.15) is 0 Å². The molecule has 2 aromatic carbocycles. The van der Waals surface area contributed by atoms with Gasteiger partial charge in [-0.3, -0.25) is 0 Å². The monoisotopic (exact) mass is 331 g/mol. The van der Waals surface area contributed by atoms with Crippen molar-refractivity contribution in [2.24, 2.45) is 0 Å². The van der Waals surface area contributed by atoms with Crippen LogP contribution in [0.2, 0.25) is 0 Å². The van der Waals surface area contributed by atoms with Gasteiger partial charge in [-0.1, -0.05) is 42.5 Å². The summed E-state index contributed by atoms with van der Waals surface area (Å²) in [6.07, 6.45) is 4.08. The molecule has 0 aliphatic heterocycles. The summed E-state index contributed by atoms with van der Waals surface area (Å²) in [5.41, 5.74) is 2.41. The Morgan fingerprint density at radius 3 is 2.65 bits per heavy atom. The molecular formula is C17H18BrNO. The van der Waals surface area contributed by atoms with Gasteiger partial charge in [0.05, 0.1) is 4.47 Å². The van der Waals surface area contributed by atoms with Crippen LogP contribution in [0.5, 0.6) is 5.75 Å². The van der Waals surface area contributed by atoms with Gasteiger partial charge in [0, 0.05) is 6.54 Å². The molecule has 0 radical (unpaired) electrons. The predicted octanol–water partition coefficient (Wildman–Crippen LogP) is 4.26. The van der Waals surface area contributed by atoms with Crippen molar-refractivity contribution in [3.8, 4) is 5.75 Å². The topological polar surface area (TPSA) is 21.3 Å². The first-order chi connectivity index (χ1) is 9.79. The number of hydrogen-bond acceptors (Lipinski definition) is 2. The lowest BCUT2D eigenvalue weighted by Gasteiger charge is -2.08. The van der Waals surface area contributed by atoms with E-state index in [2.05, 4.69) is 51.6 Å². The van der Waals surface area contributed by atoms with Crippen molar-refractivity contribution in [1.29, 1.82) is 0 Å². The largest absolute Gasteiger partial charge is 0.488 e. The first kappa shape index (κ1) is 14.8. The molecule has 0 spiro atoms. The molecule has 2 nitrogen and oxygen atoms in total. The zero-order chi connectivity index (χ0) is 14.2. The average Bonchev–Trinajstić information content (AvgIpc) is 2.47. The van der Waals surface area contributed by atoms with E-state index in [1.165, 1.54) is 11.1 Å². The van der Waals surface area contributed by atoms with Crippen LogP contribution in [0.15, 0.2) is 59.1 Å². The molecule has 20 heavy (non-hydrogen) atoms. The molecule has 0 atom stereocenters. The molecule has 0 saturated carbocycles. The highest BCUT2D eigenvalue weighted by atomic mass is 79.9. The fourth-order valence-corrected chi connectivity index (χ4v) is 2.40. The van der Waals surface area contributed by atoms with Crippen molar-refractivity contribution in [3.05, 3.63) is 70.2 Å². The molecule has 2 rings (SSSR count). The van der Waals surface area contributed by atoms with Gasteiger partial charge >= 0.3 is 0 Å². The van der Waals surface area contributed by atoms with E-state index in [4.69, 9.17) is 4.74 Å². The quantitative estimate of drug-likeness (QED) is 0.853. The predicted molar refractivity (Wildman–Crippen MR) is 87.9 cm³/mol. The van der Waals surface area contributed by atoms with Crippen molar-refractivity contribution in [3.63, 3.8) is 0 Å². The molecule has 0 bridgehead atoms. The molecule has 0 unspecified atom stereocenters. The summed E-state index contributed by atoms with van der Waals surface area (Å²) in [4.78, 5) is 0. The molecule has 104 valence electrons. The zero-order valence-corrected chi connectivity index (χ0v) is 13.1. The Labute approximate surface area is 128 Å². The van der Waals surface area contributed by atoms with Crippen molar-refractivity contribution in [2.45, 2.75) is 6.54 Å². The van der Waals surface area contributed by atoms with E-state index in [-0.39, 0.29) is 0 Å². The van der Waals surface area contributed by atoms with Crippen molar-refractivity contribution in [2.75, 3.05) is 13.7 Å². The van der Waals surface area contributed by atoms with Crippen LogP contribution in [-0.4, -0.2) is 13.7 Å². The summed E-state index contributed by atoms with van der Waals surface area (Å²) in [6, 6.07) is 16.3. The van der Waals surface area contributed by atoms with Gasteiger partial charge in [-0.15, -0.1) is 0 Å². The van der Waals surface area contributed by atoms with Crippen LogP contribution in [0.25, 0.3) is 6.08 Å². The van der Waals surface area contributed by atoms with Gasteiger partial charge in [-0.05, 0) is 52.3 Å². The van der Waals surface area contributed by atoms with E-state index in [0.29, 0.717) is 6.61 Å². The van der Waals surface area contributed by atoms with Gasteiger partial charge < -0.3 is 10.1 Å². The normalized spacial score (nSPS) is 10.9. The molecule has 0 saturated heterocycles. The minimum Gasteiger partial charge on any atom is -0.488 e. The molecular weight excluding hydrogens is 314 g/mol. The first-order valence-corrected chi connectivity index (χ1v) is 7.36. The van der Waals surface area contributed by atoms with E-state index in [1.807, 2.05) is 37.4 Å². The first-order valence-electron chi connectivity index (χ1n) is 6.57. The Bertz CT molecular complexity index is 566. The summed E-state index contributed by atoms with van der Waals surface area (Å²) in [6.45, 7) is 1.41. The second kappa shape index (κ2) is 7.88. The fraction of sp³-hybridized carbons (Fsp3) is 0.176. The molecule has 0 aromatic heterocycles. The molecule has 2 aromatic rings. The maximum absolute atomic E-state index is 5.74. The third-order valence-corrected chi connectivity index (χ3v) is 3.44. The Hall–Kier alpha value is -1.58. The lowest BCUT2D eigenvalue weighted by atomic mass is 10.2. The van der Waals surface area contributed by atoms with E-state index < -0.39 is 0 Å². The maximum Gasteiger partial charge on any atom is 0.133 e. The molecule has 0 aliphatic carbocycles. The summed E-state index contributed by atoms with van der Waals surface area (Å²) in [5, 5.41) is 3.13. The van der Waals surface area contributed by atoms with E-state index >= 15 is 0 Å². The highest BCUT2D eigenvalue weighted by Gasteiger charge is 2.01. The summed E-state index contributed by atoms with van der Waals surface area (Å²) in [7, 11) is 1.94. The third kappa shape index (κ3) is 4.51. The highest BCUT2D eigenvalue weighted by Crippen LogP contribution is 2.26. The van der Waals surface area contributed by atoms with E-state index in [9.17, 15) is 0 Å². The van der Waals surface area contributed by atoms with Gasteiger partial charge in [0.15, 0.2) is 0 Å². The van der Waals surface area contributed by atoms with Gasteiger partial charge in [0.25, 0.3) is 0 Å². The maximum atomic E-state index is 5.74. The average molecular weight is 332 g/mol. The lowest BCUT2D eigenvalue weighted by molar-refractivity contribution is 0.361. The second-order valence-corrected chi connectivity index (χ2v) is 5.27. The standard InChI is InChI=1S/C17H18BrNO/c1-19-13-15-9-10-17(16(18)12-15)20-11-5-8-14-6-3-2-4-7-14/h2-10,12,19H,11,13H2,1H3. The van der Waals surface area contributed by atoms with Crippen LogP contribution in [0.4, 0.5) is 0 Å². The summed E-state index contributed by atoms with van der Waals surface area (Å²) < 4.78 is 6.72. The number of hydrogen-bond donors (Lipinski definition) is 1. The van der Waals surface area contributed by atoms with Gasteiger partial charge in [-0.25, -0.2) is 0 Å². The lowest BCUT2D eigenvalue weighted by Crippen LogP contribution is -2.05. The molecule has 0 amide bonds. The molecule has 0 heterocycles. The van der Waals surface area contributed by atoms with Crippen LogP contribution >= 0.6 is 15.9 Å². The number of benzene rings is 2. The van der Waals surface area contributed by atoms with Crippen LogP contribution in [0.3, 0.4) is 0 Å². The van der Waals surface area contributed by atoms with Crippen LogP contribution < -0.4 is 10.1 Å². The third-order valence-electron chi connectivity index (χ3n) is 2.82. The number of ether oxygens (including phenoxy) is 1. The van der Waals surface area contributed by atoms with Gasteiger partial charge in [0.2, 0.25) is 0 Å². The smallest absolute Gasteiger partial charge is 0.133 e. The SMILES string of the molecule is CNCc1ccc(OCC=Cc2ccccc2)c(Br)c1. The molecule has 0 fully saturated rings. The Balaban J connectivity index is 1.89. The van der Waals surface area contributed by atoms with E-state index in [1.54, 1.807) is 0 Å². The number of rotatable bonds is 6. The molecule has 3 heteroatoms. The van der Waals surface area contributed by atoms with Gasteiger partial charge in [0.1, 0.15) is 12.4 Å². The van der Waals surface area contributed by atoms with E-state index in [0.717, 1.165) is 16.8 Å². The minimum absolute atomic E-state index is 0.554. The van der Waals surface area contributed by atoms with Crippen LogP contribution in [-0.2, 0) is 6.54 Å². The molecule has 0 aliphatic rings. The van der Waals surface area contributed by atoms with Crippen LogP contribution in [0, 0.1) is 0 Å². The highest BCUT2D eigenvalue weighted by molar-refractivity contribution is 9.10. The Morgan fingerprint density at radius 1 is 1.15 bits per heavy atom. The minimum atomic E-state index is 0.554. The zero-order valence-electron chi connectivity index (χ0n) is 11.5. The Morgan fingerprint density at radius 2 is 1.95 bits per heavy atom. The summed E-state index contributed by atoms with van der Waals surface area (Å²) in [5.74, 6) is 0.863. The van der Waals surface area contributed by atoms with Crippen LogP contribution in [0.1, 0.15) is 11.1 Å². The van der Waals surface area contributed by atoms with Crippen molar-refractivity contribution >= 4 is 22.0 Å². The number of halogens is 1. The Kier molecular flexibility index (Phi) is 5.84. The fourth-order valence-electron chi connectivity index (χ4n) is 1.86. The summed E-state index contributed by atoms with van der Waals surface area (Å²) >= 11 is 3.54. The molecule has 1 N–H and O–H groups in total. The van der Waals surface area contributed by atoms with Crippen molar-refractivity contribution < 1.29 is 4.74 Å².